The maximum atomic E-state index is 13.1. The maximum absolute atomic E-state index is 13.1. The first-order valence-corrected chi connectivity index (χ1v) is 10.7. The highest BCUT2D eigenvalue weighted by Gasteiger charge is 2.44. The van der Waals surface area contributed by atoms with Crippen LogP contribution in [0.4, 0.5) is 5.82 Å². The van der Waals surface area contributed by atoms with Gasteiger partial charge in [0.2, 0.25) is 10.0 Å². The van der Waals surface area contributed by atoms with Gasteiger partial charge in [0.1, 0.15) is 17.9 Å². The number of rotatable bonds is 3. The molecule has 0 N–H and O–H groups in total. The van der Waals surface area contributed by atoms with Crippen molar-refractivity contribution < 1.29 is 13.2 Å². The van der Waals surface area contributed by atoms with E-state index in [1.165, 1.54) is 0 Å². The van der Waals surface area contributed by atoms with Crippen LogP contribution in [-0.2, 0) is 16.4 Å². The minimum atomic E-state index is -3.46. The van der Waals surface area contributed by atoms with Gasteiger partial charge in [0.25, 0.3) is 0 Å². The fourth-order valence-corrected chi connectivity index (χ4v) is 6.12. The molecule has 2 unspecified atom stereocenters. The van der Waals surface area contributed by atoms with Crippen molar-refractivity contribution in [2.24, 2.45) is 11.8 Å². The van der Waals surface area contributed by atoms with Gasteiger partial charge in [-0.15, -0.1) is 0 Å². The van der Waals surface area contributed by atoms with E-state index in [0.29, 0.717) is 36.4 Å². The fraction of sp³-hybridized carbons (Fsp3) is 0.474. The first kappa shape index (κ1) is 16.9. The zero-order chi connectivity index (χ0) is 18.6. The van der Waals surface area contributed by atoms with E-state index in [-0.39, 0.29) is 0 Å². The summed E-state index contributed by atoms with van der Waals surface area (Å²) in [5.41, 5.74) is 2.04. The van der Waals surface area contributed by atoms with Crippen molar-refractivity contribution in [3.8, 4) is 5.75 Å². The highest BCUT2D eigenvalue weighted by molar-refractivity contribution is 7.89. The van der Waals surface area contributed by atoms with Gasteiger partial charge in [-0.25, -0.2) is 18.4 Å². The van der Waals surface area contributed by atoms with Crippen LogP contribution in [0.3, 0.4) is 0 Å². The number of anilines is 1. The van der Waals surface area contributed by atoms with Gasteiger partial charge in [0, 0.05) is 44.4 Å². The molecular weight excluding hydrogens is 364 g/mol. The van der Waals surface area contributed by atoms with E-state index in [0.717, 1.165) is 42.2 Å². The molecule has 0 radical (unpaired) electrons. The van der Waals surface area contributed by atoms with Gasteiger partial charge < -0.3 is 9.64 Å². The molecule has 0 spiro atoms. The molecular formula is C19H22N4O3S. The Morgan fingerprint density at radius 3 is 2.67 bits per heavy atom. The second-order valence-electron chi connectivity index (χ2n) is 7.64. The second kappa shape index (κ2) is 6.17. The average Bonchev–Trinajstić information content (AvgIpc) is 3.35. The van der Waals surface area contributed by atoms with Crippen molar-refractivity contribution in [3.05, 3.63) is 41.9 Å². The third kappa shape index (κ3) is 2.78. The number of aromatic nitrogens is 2. The van der Waals surface area contributed by atoms with Crippen LogP contribution in [0.1, 0.15) is 11.1 Å². The van der Waals surface area contributed by atoms with Crippen LogP contribution in [0.5, 0.6) is 5.75 Å². The number of hydrogen-bond acceptors (Lipinski definition) is 6. The Kier molecular flexibility index (Phi) is 3.87. The lowest BCUT2D eigenvalue weighted by Crippen LogP contribution is -2.33. The summed E-state index contributed by atoms with van der Waals surface area (Å²) >= 11 is 0. The van der Waals surface area contributed by atoms with Crippen LogP contribution in [0.25, 0.3) is 0 Å². The fourth-order valence-electron chi connectivity index (χ4n) is 4.52. The molecule has 27 heavy (non-hydrogen) atoms. The number of aryl methyl sites for hydroxylation is 1. The summed E-state index contributed by atoms with van der Waals surface area (Å²) in [4.78, 5) is 11.1. The zero-order valence-corrected chi connectivity index (χ0v) is 16.0. The van der Waals surface area contributed by atoms with Crippen molar-refractivity contribution in [1.82, 2.24) is 14.3 Å². The van der Waals surface area contributed by atoms with E-state index < -0.39 is 10.0 Å². The molecule has 0 aliphatic carbocycles. The van der Waals surface area contributed by atoms with E-state index in [1.807, 2.05) is 13.1 Å². The first-order chi connectivity index (χ1) is 13.0. The lowest BCUT2D eigenvalue weighted by Gasteiger charge is -2.23. The van der Waals surface area contributed by atoms with Crippen molar-refractivity contribution >= 4 is 15.8 Å². The quantitative estimate of drug-likeness (QED) is 0.795. The monoisotopic (exact) mass is 386 g/mol. The Bertz CT molecular complexity index is 980. The average molecular weight is 386 g/mol. The van der Waals surface area contributed by atoms with E-state index in [9.17, 15) is 8.42 Å². The van der Waals surface area contributed by atoms with E-state index in [2.05, 4.69) is 14.9 Å². The molecule has 0 bridgehead atoms. The molecule has 142 valence electrons. The third-order valence-corrected chi connectivity index (χ3v) is 7.75. The van der Waals surface area contributed by atoms with Crippen LogP contribution < -0.4 is 9.64 Å². The highest BCUT2D eigenvalue weighted by atomic mass is 32.2. The minimum Gasteiger partial charge on any atom is -0.493 e. The van der Waals surface area contributed by atoms with Crippen molar-refractivity contribution in [1.29, 1.82) is 0 Å². The molecule has 2 fully saturated rings. The van der Waals surface area contributed by atoms with Gasteiger partial charge >= 0.3 is 0 Å². The van der Waals surface area contributed by atoms with Gasteiger partial charge in [-0.05, 0) is 42.5 Å². The summed E-state index contributed by atoms with van der Waals surface area (Å²) in [7, 11) is -3.46. The van der Waals surface area contributed by atoms with E-state index in [4.69, 9.17) is 4.74 Å². The molecule has 3 aliphatic heterocycles. The Morgan fingerprint density at radius 2 is 1.93 bits per heavy atom. The van der Waals surface area contributed by atoms with Crippen LogP contribution in [0, 0.1) is 18.8 Å². The number of benzene rings is 1. The summed E-state index contributed by atoms with van der Waals surface area (Å²) < 4.78 is 33.4. The van der Waals surface area contributed by atoms with Crippen LogP contribution in [0.2, 0.25) is 0 Å². The van der Waals surface area contributed by atoms with E-state index in [1.54, 1.807) is 28.8 Å². The maximum Gasteiger partial charge on any atom is 0.243 e. The molecule has 0 amide bonds. The van der Waals surface area contributed by atoms with Gasteiger partial charge in [-0.2, -0.15) is 4.31 Å². The van der Waals surface area contributed by atoms with E-state index >= 15 is 0 Å². The summed E-state index contributed by atoms with van der Waals surface area (Å²) in [6.07, 6.45) is 4.17. The molecule has 5 rings (SSSR count). The molecule has 2 aromatic rings. The number of hydrogen-bond donors (Lipinski definition) is 0. The number of sulfonamides is 1. The number of fused-ring (bicyclic) bond motifs is 2. The van der Waals surface area contributed by atoms with Gasteiger partial charge in [0.05, 0.1) is 11.5 Å². The Morgan fingerprint density at radius 1 is 1.15 bits per heavy atom. The molecule has 1 aromatic carbocycles. The Hall–Kier alpha value is -2.19. The van der Waals surface area contributed by atoms with Crippen molar-refractivity contribution in [3.63, 3.8) is 0 Å². The molecule has 2 atom stereocenters. The van der Waals surface area contributed by atoms with Crippen LogP contribution in [-0.4, -0.2) is 55.5 Å². The lowest BCUT2D eigenvalue weighted by atomic mass is 10.0. The smallest absolute Gasteiger partial charge is 0.243 e. The predicted octanol–water partition coefficient (Wildman–Crippen LogP) is 1.48. The van der Waals surface area contributed by atoms with Crippen molar-refractivity contribution in [2.45, 2.75) is 18.2 Å². The molecule has 1 aromatic heterocycles. The second-order valence-corrected chi connectivity index (χ2v) is 9.58. The highest BCUT2D eigenvalue weighted by Crippen LogP contribution is 2.37. The molecule has 7 nitrogen and oxygen atoms in total. The molecule has 8 heteroatoms. The zero-order valence-electron chi connectivity index (χ0n) is 15.2. The van der Waals surface area contributed by atoms with Crippen LogP contribution >= 0.6 is 0 Å². The molecule has 0 saturated carbocycles. The van der Waals surface area contributed by atoms with Gasteiger partial charge in [0.15, 0.2) is 0 Å². The molecule has 2 saturated heterocycles. The number of nitrogens with zero attached hydrogens (tertiary/aromatic N) is 4. The summed E-state index contributed by atoms with van der Waals surface area (Å²) in [6, 6.07) is 5.23. The normalized spacial score (nSPS) is 24.7. The minimum absolute atomic E-state index is 0.340. The molecule has 3 aliphatic rings. The summed E-state index contributed by atoms with van der Waals surface area (Å²) in [5, 5.41) is 0. The number of ether oxygens (including phenoxy) is 1. The van der Waals surface area contributed by atoms with Crippen LogP contribution in [0.15, 0.2) is 35.6 Å². The Labute approximate surface area is 159 Å². The lowest BCUT2D eigenvalue weighted by molar-refractivity contribution is 0.356. The third-order valence-electron chi connectivity index (χ3n) is 5.92. The first-order valence-electron chi connectivity index (χ1n) is 9.30. The summed E-state index contributed by atoms with van der Waals surface area (Å²) in [5.74, 6) is 2.45. The van der Waals surface area contributed by atoms with Crippen molar-refractivity contribution in [2.75, 3.05) is 37.7 Å². The largest absolute Gasteiger partial charge is 0.493 e. The predicted molar refractivity (Wildman–Crippen MR) is 100 cm³/mol. The topological polar surface area (TPSA) is 75.6 Å². The van der Waals surface area contributed by atoms with Gasteiger partial charge in [-0.3, -0.25) is 0 Å². The SMILES string of the molecule is Cc1cncnc1N1CC2CN(S(=O)(=O)c3ccc4c(c3)CCO4)CC2C1. The summed E-state index contributed by atoms with van der Waals surface area (Å²) in [6.45, 7) is 5.46. The van der Waals surface area contributed by atoms with Gasteiger partial charge in [-0.1, -0.05) is 0 Å². The Balaban J connectivity index is 1.33. The molecule has 4 heterocycles. The standard InChI is InChI=1S/C19H22N4O3S/c1-13-7-20-12-21-19(13)22-8-15-10-23(11-16(15)9-22)27(24,25)17-2-3-18-14(6-17)4-5-26-18/h2-3,6-7,12,15-16H,4-5,8-11H2,1H3.